The van der Waals surface area contributed by atoms with Gasteiger partial charge in [0.15, 0.2) is 0 Å². The number of urea groups is 1. The molecule has 2 heterocycles. The molecule has 2 aromatic rings. The average molecular weight is 384 g/mol. The van der Waals surface area contributed by atoms with E-state index in [-0.39, 0.29) is 24.5 Å². The van der Waals surface area contributed by atoms with Crippen LogP contribution in [0.1, 0.15) is 29.7 Å². The smallest absolute Gasteiger partial charge is 0.315 e. The van der Waals surface area contributed by atoms with E-state index < -0.39 is 0 Å². The molecule has 3 rings (SSSR count). The van der Waals surface area contributed by atoms with Gasteiger partial charge >= 0.3 is 6.03 Å². The number of benzene rings is 1. The van der Waals surface area contributed by atoms with Crippen LogP contribution >= 0.6 is 0 Å². The van der Waals surface area contributed by atoms with E-state index in [0.29, 0.717) is 12.3 Å². The molecule has 1 fully saturated rings. The molecule has 0 aliphatic carbocycles. The lowest BCUT2D eigenvalue weighted by atomic mass is 10.0. The van der Waals surface area contributed by atoms with E-state index in [4.69, 9.17) is 4.42 Å². The number of likely N-dealkylation sites (tertiary alicyclic amines) is 1. The Kier molecular flexibility index (Phi) is 7.08. The maximum absolute atomic E-state index is 12.0. The van der Waals surface area contributed by atoms with Crippen LogP contribution in [0.5, 0.6) is 0 Å². The van der Waals surface area contributed by atoms with Crippen molar-refractivity contribution in [3.63, 3.8) is 0 Å². The molecule has 150 valence electrons. The highest BCUT2D eigenvalue weighted by Crippen LogP contribution is 2.16. The third-order valence-corrected chi connectivity index (χ3v) is 5.03. The lowest BCUT2D eigenvalue weighted by Gasteiger charge is -2.32. The van der Waals surface area contributed by atoms with Gasteiger partial charge in [-0.15, -0.1) is 0 Å². The molecule has 7 nitrogen and oxygen atoms in total. The highest BCUT2D eigenvalue weighted by Gasteiger charge is 2.21. The van der Waals surface area contributed by atoms with Gasteiger partial charge in [-0.3, -0.25) is 9.69 Å². The van der Waals surface area contributed by atoms with E-state index in [1.54, 1.807) is 18.4 Å². The molecule has 3 amide bonds. The zero-order valence-electron chi connectivity index (χ0n) is 16.2. The molecule has 0 saturated carbocycles. The summed E-state index contributed by atoms with van der Waals surface area (Å²) in [4.78, 5) is 26.2. The van der Waals surface area contributed by atoms with Crippen LogP contribution in [0, 0.1) is 6.92 Å². The lowest BCUT2D eigenvalue weighted by Crippen LogP contribution is -2.49. The summed E-state index contributed by atoms with van der Waals surface area (Å²) in [5, 5.41) is 8.27. The Bertz CT molecular complexity index is 768. The fourth-order valence-electron chi connectivity index (χ4n) is 3.32. The molecule has 0 unspecified atom stereocenters. The Morgan fingerprint density at radius 2 is 1.89 bits per heavy atom. The number of carbonyl (C=O) groups is 2. The van der Waals surface area contributed by atoms with Crippen LogP contribution in [0.4, 0.5) is 4.79 Å². The summed E-state index contributed by atoms with van der Waals surface area (Å²) in [6.07, 6.45) is 3.37. The fourth-order valence-corrected chi connectivity index (χ4v) is 3.32. The van der Waals surface area contributed by atoms with E-state index >= 15 is 0 Å². The zero-order valence-corrected chi connectivity index (χ0v) is 16.2. The number of nitrogens with zero attached hydrogens (tertiary/aromatic N) is 1. The summed E-state index contributed by atoms with van der Waals surface area (Å²) < 4.78 is 5.14. The number of hydrogen-bond donors (Lipinski definition) is 3. The van der Waals surface area contributed by atoms with Crippen LogP contribution in [-0.4, -0.2) is 42.5 Å². The standard InChI is InChI=1S/C21H28N4O3/c1-16-5-2-3-6-17(16)15-25-10-8-18(9-11-25)24-21(27)23-14-20(26)22-13-19-7-4-12-28-19/h2-7,12,18H,8-11,13-15H2,1H3,(H,22,26)(H2,23,24,27). The number of carbonyl (C=O) groups excluding carboxylic acids is 2. The normalized spacial score (nSPS) is 15.2. The number of aryl methyl sites for hydroxylation is 1. The minimum atomic E-state index is -0.300. The van der Waals surface area contributed by atoms with Crippen LogP contribution in [0.15, 0.2) is 47.1 Å². The zero-order chi connectivity index (χ0) is 19.8. The summed E-state index contributed by atoms with van der Waals surface area (Å²) in [5.74, 6) is 0.426. The van der Waals surface area contributed by atoms with Crippen LogP contribution in [0.2, 0.25) is 0 Å². The molecule has 28 heavy (non-hydrogen) atoms. The Morgan fingerprint density at radius 1 is 1.11 bits per heavy atom. The van der Waals surface area contributed by atoms with E-state index in [0.717, 1.165) is 32.5 Å². The van der Waals surface area contributed by atoms with Crippen LogP contribution < -0.4 is 16.0 Å². The van der Waals surface area contributed by atoms with E-state index in [2.05, 4.69) is 52.0 Å². The molecule has 1 aliphatic heterocycles. The SMILES string of the molecule is Cc1ccccc1CN1CCC(NC(=O)NCC(=O)NCc2ccco2)CC1. The predicted molar refractivity (Wildman–Crippen MR) is 107 cm³/mol. The number of rotatable bonds is 7. The number of piperidine rings is 1. The second-order valence-electron chi connectivity index (χ2n) is 7.16. The van der Waals surface area contributed by atoms with Crippen molar-refractivity contribution >= 4 is 11.9 Å². The molecule has 0 atom stereocenters. The summed E-state index contributed by atoms with van der Waals surface area (Å²) in [5.41, 5.74) is 2.67. The highest BCUT2D eigenvalue weighted by atomic mass is 16.3. The quantitative estimate of drug-likeness (QED) is 0.683. The van der Waals surface area contributed by atoms with Crippen molar-refractivity contribution in [2.24, 2.45) is 0 Å². The van der Waals surface area contributed by atoms with Crippen LogP contribution in [-0.2, 0) is 17.9 Å². The largest absolute Gasteiger partial charge is 0.467 e. The fraction of sp³-hybridized carbons (Fsp3) is 0.429. The maximum atomic E-state index is 12.0. The molecule has 1 saturated heterocycles. The molecule has 0 spiro atoms. The first kappa shape index (κ1) is 19.9. The Labute approximate surface area is 165 Å². The summed E-state index contributed by atoms with van der Waals surface area (Å²) >= 11 is 0. The van der Waals surface area contributed by atoms with Gasteiger partial charge < -0.3 is 20.4 Å². The lowest BCUT2D eigenvalue weighted by molar-refractivity contribution is -0.120. The third kappa shape index (κ3) is 6.13. The number of furan rings is 1. The highest BCUT2D eigenvalue weighted by molar-refractivity contribution is 5.83. The number of nitrogens with one attached hydrogen (secondary N) is 3. The minimum Gasteiger partial charge on any atom is -0.467 e. The van der Waals surface area contributed by atoms with Crippen molar-refractivity contribution in [2.45, 2.75) is 38.9 Å². The van der Waals surface area contributed by atoms with Gasteiger partial charge in [-0.05, 0) is 43.0 Å². The molecular weight excluding hydrogens is 356 g/mol. The van der Waals surface area contributed by atoms with Gasteiger partial charge in [-0.1, -0.05) is 24.3 Å². The summed E-state index contributed by atoms with van der Waals surface area (Å²) in [7, 11) is 0. The van der Waals surface area contributed by atoms with E-state index in [9.17, 15) is 9.59 Å². The van der Waals surface area contributed by atoms with Crippen LogP contribution in [0.3, 0.4) is 0 Å². The van der Waals surface area contributed by atoms with E-state index in [1.807, 2.05) is 0 Å². The second-order valence-corrected chi connectivity index (χ2v) is 7.16. The van der Waals surface area contributed by atoms with Gasteiger partial charge in [0, 0.05) is 25.7 Å². The molecule has 1 aromatic carbocycles. The molecule has 7 heteroatoms. The first-order chi connectivity index (χ1) is 13.6. The van der Waals surface area contributed by atoms with Gasteiger partial charge in [0.1, 0.15) is 5.76 Å². The molecule has 3 N–H and O–H groups in total. The average Bonchev–Trinajstić information content (AvgIpc) is 3.22. The van der Waals surface area contributed by atoms with Gasteiger partial charge in [0.2, 0.25) is 5.91 Å². The second kappa shape index (κ2) is 9.94. The third-order valence-electron chi connectivity index (χ3n) is 5.03. The van der Waals surface area contributed by atoms with Crippen LogP contribution in [0.25, 0.3) is 0 Å². The summed E-state index contributed by atoms with van der Waals surface area (Å²) in [6.45, 7) is 5.24. The Hall–Kier alpha value is -2.80. The molecule has 0 bridgehead atoms. The number of hydrogen-bond acceptors (Lipinski definition) is 4. The molecular formula is C21H28N4O3. The van der Waals surface area contributed by atoms with Gasteiger partial charge in [0.25, 0.3) is 0 Å². The first-order valence-corrected chi connectivity index (χ1v) is 9.70. The Balaban J connectivity index is 1.31. The Morgan fingerprint density at radius 3 is 2.61 bits per heavy atom. The summed E-state index contributed by atoms with van der Waals surface area (Å²) in [6, 6.07) is 11.8. The van der Waals surface area contributed by atoms with Crippen molar-refractivity contribution in [1.29, 1.82) is 0 Å². The minimum absolute atomic E-state index is 0.0569. The van der Waals surface area contributed by atoms with Crippen molar-refractivity contribution in [3.05, 3.63) is 59.5 Å². The predicted octanol–water partition coefficient (Wildman–Crippen LogP) is 2.17. The van der Waals surface area contributed by atoms with Crippen molar-refractivity contribution < 1.29 is 14.0 Å². The van der Waals surface area contributed by atoms with Crippen molar-refractivity contribution in [1.82, 2.24) is 20.9 Å². The van der Waals surface area contributed by atoms with E-state index in [1.165, 1.54) is 11.1 Å². The van der Waals surface area contributed by atoms with Gasteiger partial charge in [-0.25, -0.2) is 4.79 Å². The monoisotopic (exact) mass is 384 g/mol. The van der Waals surface area contributed by atoms with Crippen molar-refractivity contribution in [3.8, 4) is 0 Å². The van der Waals surface area contributed by atoms with Crippen molar-refractivity contribution in [2.75, 3.05) is 19.6 Å². The molecule has 1 aliphatic rings. The van der Waals surface area contributed by atoms with Gasteiger partial charge in [-0.2, -0.15) is 0 Å². The molecule has 1 aromatic heterocycles. The van der Waals surface area contributed by atoms with Gasteiger partial charge in [0.05, 0.1) is 19.4 Å². The topological polar surface area (TPSA) is 86.6 Å². The molecule has 0 radical (unpaired) electrons. The number of amides is 3. The maximum Gasteiger partial charge on any atom is 0.315 e. The first-order valence-electron chi connectivity index (χ1n) is 9.70.